The van der Waals surface area contributed by atoms with Gasteiger partial charge in [0.2, 0.25) is 9.84 Å². The van der Waals surface area contributed by atoms with E-state index in [1.807, 2.05) is 0 Å². The zero-order valence-corrected chi connectivity index (χ0v) is 14.6. The molecule has 0 spiro atoms. The van der Waals surface area contributed by atoms with Crippen LogP contribution in [0.25, 0.3) is 0 Å². The van der Waals surface area contributed by atoms with Gasteiger partial charge >= 0.3 is 5.25 Å². The van der Waals surface area contributed by atoms with Gasteiger partial charge in [0, 0.05) is 0 Å². The summed E-state index contributed by atoms with van der Waals surface area (Å²) in [6.07, 6.45) is -0.180. The Morgan fingerprint density at radius 2 is 1.68 bits per heavy atom. The van der Waals surface area contributed by atoms with E-state index in [9.17, 15) is 21.4 Å². The normalized spacial score (nSPS) is 16.3. The van der Waals surface area contributed by atoms with Crippen LogP contribution in [0, 0.1) is 0 Å². The molecule has 0 aliphatic carbocycles. The molecule has 0 saturated heterocycles. The van der Waals surface area contributed by atoms with Gasteiger partial charge in [-0.1, -0.05) is 25.1 Å². The summed E-state index contributed by atoms with van der Waals surface area (Å²) in [7, 11) is -6.67. The van der Waals surface area contributed by atoms with Crippen molar-refractivity contribution in [1.82, 2.24) is 4.72 Å². The molecule has 4 nitrogen and oxygen atoms in total. The Labute approximate surface area is 132 Å². The summed E-state index contributed by atoms with van der Waals surface area (Å²) in [5.74, 6) is 0. The van der Waals surface area contributed by atoms with Crippen molar-refractivity contribution in [1.29, 1.82) is 0 Å². The number of hydrogen-bond acceptors (Lipinski definition) is 3. The maximum atomic E-state index is 14.5. The second kappa shape index (κ2) is 6.72. The van der Waals surface area contributed by atoms with Crippen LogP contribution in [0.1, 0.15) is 34.1 Å². The predicted molar refractivity (Wildman–Crippen MR) is 83.7 cm³/mol. The summed E-state index contributed by atoms with van der Waals surface area (Å²) in [6.45, 7) is 6.28. The van der Waals surface area contributed by atoms with Gasteiger partial charge in [-0.3, -0.25) is 0 Å². The fraction of sp³-hybridized carbons (Fsp3) is 0.571. The van der Waals surface area contributed by atoms with E-state index in [1.54, 1.807) is 26.8 Å². The third kappa shape index (κ3) is 3.91. The van der Waals surface area contributed by atoms with E-state index in [0.717, 1.165) is 12.1 Å². The highest BCUT2D eigenvalue weighted by Gasteiger charge is 2.53. The Morgan fingerprint density at radius 1 is 1.18 bits per heavy atom. The average molecular weight is 353 g/mol. The van der Waals surface area contributed by atoms with Crippen molar-refractivity contribution in [3.05, 3.63) is 30.3 Å². The summed E-state index contributed by atoms with van der Waals surface area (Å²) in [4.78, 5) is -0.457. The molecule has 126 valence electrons. The largest absolute Gasteiger partial charge is 0.365 e. The lowest BCUT2D eigenvalue weighted by Gasteiger charge is -2.29. The van der Waals surface area contributed by atoms with Crippen LogP contribution in [0.2, 0.25) is 0 Å². The lowest BCUT2D eigenvalue weighted by molar-refractivity contribution is 0.0548. The summed E-state index contributed by atoms with van der Waals surface area (Å²) in [5.41, 5.74) is 0. The molecule has 0 heterocycles. The van der Waals surface area contributed by atoms with Crippen molar-refractivity contribution in [2.24, 2.45) is 0 Å². The Hall–Kier alpha value is -0.860. The lowest BCUT2D eigenvalue weighted by atomic mass is 10.2. The first-order chi connectivity index (χ1) is 9.94. The highest BCUT2D eigenvalue weighted by molar-refractivity contribution is 7.92. The Morgan fingerprint density at radius 3 is 2.09 bits per heavy atom. The molecule has 0 aliphatic rings. The topological polar surface area (TPSA) is 63.2 Å². The molecule has 0 saturated carbocycles. The Balaban J connectivity index is 3.17. The molecule has 0 fully saturated rings. The van der Waals surface area contributed by atoms with Crippen LogP contribution in [0.15, 0.2) is 35.2 Å². The van der Waals surface area contributed by atoms with Crippen LogP contribution in [0.5, 0.6) is 0 Å². The molecule has 0 amide bonds. The van der Waals surface area contributed by atoms with Gasteiger partial charge < -0.3 is 0 Å². The summed E-state index contributed by atoms with van der Waals surface area (Å²) >= 11 is 0. The molecule has 1 aromatic carbocycles. The number of hydrogen-bond donors (Lipinski definition) is 1. The van der Waals surface area contributed by atoms with Gasteiger partial charge in [0.05, 0.1) is 26.7 Å². The van der Waals surface area contributed by atoms with Crippen LogP contribution in [0.4, 0.5) is 8.78 Å². The molecule has 1 aromatic rings. The predicted octanol–water partition coefficient (Wildman–Crippen LogP) is 2.88. The van der Waals surface area contributed by atoms with E-state index < -0.39 is 41.8 Å². The molecule has 1 N–H and O–H groups in total. The zero-order chi connectivity index (χ0) is 17.2. The highest BCUT2D eigenvalue weighted by Crippen LogP contribution is 2.34. The van der Waals surface area contributed by atoms with Crippen LogP contribution in [-0.4, -0.2) is 28.7 Å². The molecule has 0 aliphatic heterocycles. The second-order valence-corrected chi connectivity index (χ2v) is 9.86. The molecule has 0 unspecified atom stereocenters. The molecular weight excluding hydrogens is 332 g/mol. The van der Waals surface area contributed by atoms with Crippen molar-refractivity contribution in [2.45, 2.75) is 55.1 Å². The maximum Gasteiger partial charge on any atom is 0.365 e. The summed E-state index contributed by atoms with van der Waals surface area (Å²) in [6, 6.07) is 4.81. The van der Waals surface area contributed by atoms with Crippen LogP contribution in [-0.2, 0) is 20.8 Å². The molecule has 8 heteroatoms. The quantitative estimate of drug-likeness (QED) is 0.855. The van der Waals surface area contributed by atoms with E-state index in [4.69, 9.17) is 0 Å². The number of benzene rings is 1. The van der Waals surface area contributed by atoms with Gasteiger partial charge in [-0.15, -0.1) is 0 Å². The third-order valence-corrected chi connectivity index (χ3v) is 6.54. The number of nitrogens with one attached hydrogen (secondary N) is 1. The van der Waals surface area contributed by atoms with Crippen molar-refractivity contribution >= 4 is 20.8 Å². The minimum absolute atomic E-state index is 0.180. The molecule has 0 aromatic heterocycles. The standard InChI is InChI=1S/C14H21F2NO3S2/c1-5-12(17-21(18)13(2,3)4)14(15,16)22(19,20)11-9-7-6-8-10-11/h6-10,12,17H,5H2,1-4H3/t12-,21+/m0/s1. The number of sulfone groups is 1. The van der Waals surface area contributed by atoms with Crippen LogP contribution < -0.4 is 4.72 Å². The van der Waals surface area contributed by atoms with E-state index in [2.05, 4.69) is 4.72 Å². The van der Waals surface area contributed by atoms with Gasteiger partial charge in [-0.2, -0.15) is 8.78 Å². The third-order valence-electron chi connectivity index (χ3n) is 3.03. The first-order valence-electron chi connectivity index (χ1n) is 6.80. The van der Waals surface area contributed by atoms with Gasteiger partial charge in [-0.05, 0) is 39.3 Å². The summed E-state index contributed by atoms with van der Waals surface area (Å²) < 4.78 is 66.9. The zero-order valence-electron chi connectivity index (χ0n) is 13.0. The average Bonchev–Trinajstić information content (AvgIpc) is 2.43. The van der Waals surface area contributed by atoms with Crippen molar-refractivity contribution < 1.29 is 21.4 Å². The first-order valence-corrected chi connectivity index (χ1v) is 9.43. The molecule has 0 radical (unpaired) electrons. The molecular formula is C14H21F2NO3S2. The van der Waals surface area contributed by atoms with E-state index in [1.165, 1.54) is 19.1 Å². The summed E-state index contributed by atoms with van der Waals surface area (Å²) in [5, 5.41) is -4.07. The minimum atomic E-state index is -4.87. The fourth-order valence-corrected chi connectivity index (χ4v) is 4.07. The number of alkyl halides is 2. The Kier molecular flexibility index (Phi) is 5.86. The SMILES string of the molecule is CC[C@H](N[S@](=O)C(C)(C)C)C(F)(F)S(=O)(=O)c1ccccc1. The van der Waals surface area contributed by atoms with E-state index >= 15 is 0 Å². The minimum Gasteiger partial charge on any atom is -0.242 e. The van der Waals surface area contributed by atoms with E-state index in [0.29, 0.717) is 0 Å². The van der Waals surface area contributed by atoms with Gasteiger partial charge in [0.1, 0.15) is 0 Å². The van der Waals surface area contributed by atoms with E-state index in [-0.39, 0.29) is 6.42 Å². The molecule has 0 bridgehead atoms. The van der Waals surface area contributed by atoms with Crippen molar-refractivity contribution in [2.75, 3.05) is 0 Å². The molecule has 1 rings (SSSR count). The smallest absolute Gasteiger partial charge is 0.242 e. The fourth-order valence-electron chi connectivity index (χ4n) is 1.64. The first kappa shape index (κ1) is 19.2. The molecule has 22 heavy (non-hydrogen) atoms. The van der Waals surface area contributed by atoms with Gasteiger partial charge in [-0.25, -0.2) is 17.3 Å². The van der Waals surface area contributed by atoms with Crippen molar-refractivity contribution in [3.8, 4) is 0 Å². The monoisotopic (exact) mass is 353 g/mol. The lowest BCUT2D eigenvalue weighted by Crippen LogP contribution is -2.52. The van der Waals surface area contributed by atoms with Crippen LogP contribution >= 0.6 is 0 Å². The number of rotatable bonds is 6. The van der Waals surface area contributed by atoms with Crippen molar-refractivity contribution in [3.63, 3.8) is 0 Å². The highest BCUT2D eigenvalue weighted by atomic mass is 32.2. The second-order valence-electron chi connectivity index (χ2n) is 5.84. The molecule has 2 atom stereocenters. The Bertz CT molecular complexity index is 625. The van der Waals surface area contributed by atoms with Crippen LogP contribution in [0.3, 0.4) is 0 Å². The number of halogens is 2. The van der Waals surface area contributed by atoms with Gasteiger partial charge in [0.25, 0.3) is 0 Å². The van der Waals surface area contributed by atoms with Gasteiger partial charge in [0.15, 0.2) is 0 Å². The maximum absolute atomic E-state index is 14.5.